The molecule has 0 radical (unpaired) electrons. The second-order valence-electron chi connectivity index (χ2n) is 5.80. The number of halogens is 3. The summed E-state index contributed by atoms with van der Waals surface area (Å²) in [6.45, 7) is 2.59. The van der Waals surface area contributed by atoms with Gasteiger partial charge in [-0.1, -0.05) is 6.92 Å². The number of ether oxygens (including phenoxy) is 1. The Kier molecular flexibility index (Phi) is 5.98. The maximum atomic E-state index is 12.9. The van der Waals surface area contributed by atoms with Crippen molar-refractivity contribution >= 4 is 12.0 Å². The van der Waals surface area contributed by atoms with Crippen LogP contribution in [0.15, 0.2) is 4.79 Å². The molecule has 2 heterocycles. The molecular formula is C15H21F3N4O2. The molecule has 0 spiro atoms. The van der Waals surface area contributed by atoms with Crippen LogP contribution in [0.5, 0.6) is 0 Å². The van der Waals surface area contributed by atoms with Gasteiger partial charge < -0.3 is 20.4 Å². The lowest BCUT2D eigenvalue weighted by Gasteiger charge is -2.24. The van der Waals surface area contributed by atoms with E-state index < -0.39 is 24.1 Å². The second-order valence-corrected chi connectivity index (χ2v) is 5.80. The van der Waals surface area contributed by atoms with Gasteiger partial charge in [-0.25, -0.2) is 4.98 Å². The fourth-order valence-electron chi connectivity index (χ4n) is 2.63. The fraction of sp³-hybridized carbons (Fsp3) is 0.667. The maximum Gasteiger partial charge on any atom is 0.392 e. The van der Waals surface area contributed by atoms with Crippen molar-refractivity contribution < 1.29 is 17.9 Å². The van der Waals surface area contributed by atoms with Crippen LogP contribution >= 0.6 is 0 Å². The average Bonchev–Trinajstić information content (AvgIpc) is 2.52. The third kappa shape index (κ3) is 4.56. The van der Waals surface area contributed by atoms with Crippen molar-refractivity contribution in [3.63, 3.8) is 0 Å². The predicted octanol–water partition coefficient (Wildman–Crippen LogP) is 2.49. The van der Waals surface area contributed by atoms with E-state index in [1.807, 2.05) is 0 Å². The molecule has 134 valence electrons. The Morgan fingerprint density at radius 1 is 1.46 bits per heavy atom. The molecule has 0 aromatic carbocycles. The molecule has 1 fully saturated rings. The fourth-order valence-corrected chi connectivity index (χ4v) is 2.63. The van der Waals surface area contributed by atoms with Gasteiger partial charge in [-0.2, -0.15) is 13.2 Å². The minimum absolute atomic E-state index is 0.0178. The van der Waals surface area contributed by atoms with Crippen LogP contribution in [0.4, 0.5) is 19.0 Å². The van der Waals surface area contributed by atoms with Crippen molar-refractivity contribution in [2.75, 3.05) is 18.5 Å². The highest BCUT2D eigenvalue weighted by Crippen LogP contribution is 2.31. The molecule has 24 heavy (non-hydrogen) atoms. The summed E-state index contributed by atoms with van der Waals surface area (Å²) in [6.07, 6.45) is -2.55. The molecule has 1 unspecified atom stereocenters. The minimum Gasteiger partial charge on any atom is -0.381 e. The summed E-state index contributed by atoms with van der Waals surface area (Å²) in [7, 11) is 0. The smallest absolute Gasteiger partial charge is 0.381 e. The Bertz CT molecular complexity index is 624. The molecule has 1 aromatic heterocycles. The SMILES string of the molecule is CCC(Cc1nc(NC2CCOCC2)c(C=N)c(=O)[nH]1)C(F)(F)F. The second kappa shape index (κ2) is 7.78. The van der Waals surface area contributed by atoms with Crippen LogP contribution < -0.4 is 10.9 Å². The molecule has 3 N–H and O–H groups in total. The van der Waals surface area contributed by atoms with Crippen molar-refractivity contribution in [3.8, 4) is 0 Å². The van der Waals surface area contributed by atoms with Gasteiger partial charge in [-0.3, -0.25) is 4.79 Å². The molecule has 6 nitrogen and oxygen atoms in total. The Morgan fingerprint density at radius 2 is 2.12 bits per heavy atom. The molecule has 1 saturated heterocycles. The van der Waals surface area contributed by atoms with Crippen LogP contribution in [0.2, 0.25) is 0 Å². The lowest BCUT2D eigenvalue weighted by atomic mass is 10.0. The molecule has 1 aromatic rings. The largest absolute Gasteiger partial charge is 0.392 e. The van der Waals surface area contributed by atoms with Crippen LogP contribution in [0.3, 0.4) is 0 Å². The Morgan fingerprint density at radius 3 is 2.67 bits per heavy atom. The lowest BCUT2D eigenvalue weighted by Crippen LogP contribution is -2.31. The van der Waals surface area contributed by atoms with Crippen LogP contribution in [0, 0.1) is 11.3 Å². The van der Waals surface area contributed by atoms with E-state index in [1.165, 1.54) is 6.92 Å². The minimum atomic E-state index is -4.35. The number of hydrogen-bond donors (Lipinski definition) is 3. The zero-order valence-electron chi connectivity index (χ0n) is 13.4. The van der Waals surface area contributed by atoms with Crippen molar-refractivity contribution in [2.45, 2.75) is 44.8 Å². The van der Waals surface area contributed by atoms with E-state index in [4.69, 9.17) is 10.1 Å². The third-order valence-electron chi connectivity index (χ3n) is 4.11. The average molecular weight is 346 g/mol. The Balaban J connectivity index is 2.27. The highest BCUT2D eigenvalue weighted by Gasteiger charge is 2.38. The molecule has 0 aliphatic carbocycles. The first-order chi connectivity index (χ1) is 11.3. The molecule has 9 heteroatoms. The molecule has 0 saturated carbocycles. The van der Waals surface area contributed by atoms with E-state index >= 15 is 0 Å². The van der Waals surface area contributed by atoms with Crippen molar-refractivity contribution in [1.29, 1.82) is 5.41 Å². The third-order valence-corrected chi connectivity index (χ3v) is 4.11. The van der Waals surface area contributed by atoms with Gasteiger partial charge in [0.25, 0.3) is 5.56 Å². The standard InChI is InChI=1S/C15H21F3N4O2/c1-2-9(15(16,17)18)7-12-21-13(11(8-19)14(23)22-12)20-10-3-5-24-6-4-10/h8-10,19H,2-7H2,1H3,(H2,20,21,22,23). The molecule has 1 atom stereocenters. The first kappa shape index (κ1) is 18.4. The molecular weight excluding hydrogens is 325 g/mol. The van der Waals surface area contributed by atoms with E-state index in [0.29, 0.717) is 26.1 Å². The van der Waals surface area contributed by atoms with E-state index in [2.05, 4.69) is 15.3 Å². The zero-order valence-corrected chi connectivity index (χ0v) is 13.4. The van der Waals surface area contributed by atoms with Gasteiger partial charge >= 0.3 is 6.18 Å². The number of hydrogen-bond acceptors (Lipinski definition) is 5. The van der Waals surface area contributed by atoms with Gasteiger partial charge in [0.05, 0.1) is 11.5 Å². The monoisotopic (exact) mass is 346 g/mol. The number of alkyl halides is 3. The zero-order chi connectivity index (χ0) is 17.7. The summed E-state index contributed by atoms with van der Waals surface area (Å²) in [5, 5.41) is 10.4. The van der Waals surface area contributed by atoms with Gasteiger partial charge in [0.2, 0.25) is 0 Å². The summed E-state index contributed by atoms with van der Waals surface area (Å²) < 4.78 is 44.1. The first-order valence-electron chi connectivity index (χ1n) is 7.89. The number of nitrogens with one attached hydrogen (secondary N) is 3. The molecule has 0 bridgehead atoms. The number of anilines is 1. The quantitative estimate of drug-likeness (QED) is 0.690. The first-order valence-corrected chi connectivity index (χ1v) is 7.89. The Hall–Kier alpha value is -1.90. The molecule has 1 aliphatic heterocycles. The maximum absolute atomic E-state index is 12.9. The van der Waals surface area contributed by atoms with E-state index in [0.717, 1.165) is 6.21 Å². The Labute approximate surface area is 137 Å². The number of H-pyrrole nitrogens is 1. The molecule has 1 aliphatic rings. The molecule has 0 amide bonds. The van der Waals surface area contributed by atoms with Gasteiger partial charge in [0.1, 0.15) is 11.6 Å². The van der Waals surface area contributed by atoms with Gasteiger partial charge in [0.15, 0.2) is 0 Å². The van der Waals surface area contributed by atoms with Crippen LogP contribution in [-0.2, 0) is 11.2 Å². The number of aromatic nitrogens is 2. The topological polar surface area (TPSA) is 90.9 Å². The number of nitrogens with zero attached hydrogens (tertiary/aromatic N) is 1. The van der Waals surface area contributed by atoms with E-state index in [1.54, 1.807) is 0 Å². The number of rotatable bonds is 6. The van der Waals surface area contributed by atoms with Crippen molar-refractivity contribution in [3.05, 3.63) is 21.7 Å². The van der Waals surface area contributed by atoms with Crippen LogP contribution in [0.1, 0.15) is 37.6 Å². The number of aromatic amines is 1. The summed E-state index contributed by atoms with van der Waals surface area (Å²) in [5.74, 6) is -1.43. The summed E-state index contributed by atoms with van der Waals surface area (Å²) in [5.41, 5.74) is -0.591. The van der Waals surface area contributed by atoms with Crippen LogP contribution in [-0.4, -0.2) is 41.6 Å². The predicted molar refractivity (Wildman–Crippen MR) is 83.7 cm³/mol. The molecule has 2 rings (SSSR count). The van der Waals surface area contributed by atoms with Crippen LogP contribution in [0.25, 0.3) is 0 Å². The lowest BCUT2D eigenvalue weighted by molar-refractivity contribution is -0.175. The van der Waals surface area contributed by atoms with Crippen molar-refractivity contribution in [1.82, 2.24) is 9.97 Å². The normalized spacial score (nSPS) is 17.5. The highest BCUT2D eigenvalue weighted by molar-refractivity contribution is 5.83. The van der Waals surface area contributed by atoms with E-state index in [-0.39, 0.29) is 29.7 Å². The van der Waals surface area contributed by atoms with E-state index in [9.17, 15) is 18.0 Å². The highest BCUT2D eigenvalue weighted by atomic mass is 19.4. The van der Waals surface area contributed by atoms with Gasteiger partial charge in [-0.05, 0) is 19.3 Å². The summed E-state index contributed by atoms with van der Waals surface area (Å²) in [4.78, 5) is 18.6. The van der Waals surface area contributed by atoms with Crippen molar-refractivity contribution in [2.24, 2.45) is 5.92 Å². The van der Waals surface area contributed by atoms with Gasteiger partial charge in [-0.15, -0.1) is 0 Å². The summed E-state index contributed by atoms with van der Waals surface area (Å²) in [6, 6.07) is 0.0178. The van der Waals surface area contributed by atoms with Gasteiger partial charge in [0, 0.05) is 31.9 Å². The summed E-state index contributed by atoms with van der Waals surface area (Å²) >= 11 is 0.